The lowest BCUT2D eigenvalue weighted by atomic mass is 10.1. The Hall–Kier alpha value is -2.89. The third kappa shape index (κ3) is 4.55. The summed E-state index contributed by atoms with van der Waals surface area (Å²) in [6, 6.07) is -0.562. The van der Waals surface area contributed by atoms with Gasteiger partial charge in [-0.2, -0.15) is 5.21 Å². The van der Waals surface area contributed by atoms with Crippen LogP contribution in [0.5, 0.6) is 0 Å². The van der Waals surface area contributed by atoms with Crippen molar-refractivity contribution < 1.29 is 16.6 Å². The van der Waals surface area contributed by atoms with Crippen LogP contribution in [-0.4, -0.2) is 49.3 Å². The smallest absolute Gasteiger partial charge is 0.309 e. The number of anilines is 1. The van der Waals surface area contributed by atoms with Crippen molar-refractivity contribution >= 4 is 11.9 Å². The summed E-state index contributed by atoms with van der Waals surface area (Å²) < 4.78 is 19.4. The summed E-state index contributed by atoms with van der Waals surface area (Å²) in [5, 5.41) is 21.5. The molecule has 0 bridgehead atoms. The van der Waals surface area contributed by atoms with E-state index < -0.39 is 17.6 Å². The van der Waals surface area contributed by atoms with Crippen molar-refractivity contribution in [3.63, 3.8) is 0 Å². The van der Waals surface area contributed by atoms with Crippen molar-refractivity contribution in [1.82, 2.24) is 35.7 Å². The van der Waals surface area contributed by atoms with Crippen LogP contribution < -0.4 is 16.4 Å². The van der Waals surface area contributed by atoms with Crippen molar-refractivity contribution in [2.75, 3.05) is 12.4 Å². The number of hydrogen-bond donors (Lipinski definition) is 3. The minimum Gasteiger partial charge on any atom is -0.309 e. The lowest BCUT2D eigenvalue weighted by Gasteiger charge is -2.13. The first-order chi connectivity index (χ1) is 11.5. The highest BCUT2D eigenvalue weighted by atomic mass is 19.1. The maximum atomic E-state index is 13.9. The van der Waals surface area contributed by atoms with Crippen LogP contribution in [0.25, 0.3) is 0 Å². The van der Waals surface area contributed by atoms with E-state index in [9.17, 15) is 14.0 Å². The number of hydrogen-bond acceptors (Lipinski definition) is 8. The van der Waals surface area contributed by atoms with Gasteiger partial charge in [0, 0.05) is 2.85 Å². The molecule has 0 spiro atoms. The number of aryl methyl sites for hydroxylation is 1. The normalized spacial score (nSPS) is 13.0. The highest BCUT2D eigenvalue weighted by Gasteiger charge is 2.17. The van der Waals surface area contributed by atoms with Gasteiger partial charge >= 0.3 is 5.76 Å². The summed E-state index contributed by atoms with van der Waals surface area (Å²) in [4.78, 5) is 23.3. The van der Waals surface area contributed by atoms with Crippen LogP contribution in [0.2, 0.25) is 0 Å². The van der Waals surface area contributed by atoms with Gasteiger partial charge in [-0.1, -0.05) is 16.3 Å². The highest BCUT2D eigenvalue weighted by molar-refractivity contribution is 5.93. The molecule has 12 heteroatoms. The maximum Gasteiger partial charge on any atom is 0.441 e. The predicted octanol–water partition coefficient (Wildman–Crippen LogP) is 0.0101. The molecule has 0 unspecified atom stereocenters. The molecule has 0 aromatic carbocycles. The summed E-state index contributed by atoms with van der Waals surface area (Å²) >= 11 is 0. The number of carbonyl (C=O) groups is 1. The number of aromatic nitrogens is 6. The largest absolute Gasteiger partial charge is 0.441 e. The van der Waals surface area contributed by atoms with Crippen molar-refractivity contribution in [2.24, 2.45) is 0 Å². The molecule has 0 saturated carbocycles. The Kier molecular flexibility index (Phi) is 5.89. The quantitative estimate of drug-likeness (QED) is 0.607. The number of nitrogens with zero attached hydrogens (tertiary/aromatic N) is 5. The molecule has 0 saturated heterocycles. The van der Waals surface area contributed by atoms with E-state index in [1.165, 1.54) is 13.0 Å². The average molecular weight is 344 g/mol. The Morgan fingerprint density at radius 2 is 2.38 bits per heavy atom. The van der Waals surface area contributed by atoms with Crippen LogP contribution in [0.1, 0.15) is 21.5 Å². The molecule has 0 radical (unpaired) electrons. The SMILES string of the molecule is CN[C@@H](CC/C=C(/F)Cn1c(C)noc1=O)C(=O)Nc1nn[nH]n1.[HH].[HH]. The molecule has 0 aliphatic heterocycles. The number of halogens is 1. The van der Waals surface area contributed by atoms with E-state index in [4.69, 9.17) is 0 Å². The molecule has 0 fully saturated rings. The Bertz CT molecular complexity index is 761. The first-order valence-corrected chi connectivity index (χ1v) is 7.10. The van der Waals surface area contributed by atoms with Gasteiger partial charge in [0.05, 0.1) is 12.6 Å². The number of H-pyrrole nitrogens is 1. The first-order valence-electron chi connectivity index (χ1n) is 7.10. The van der Waals surface area contributed by atoms with Gasteiger partial charge in [0.25, 0.3) is 5.95 Å². The zero-order chi connectivity index (χ0) is 17.5. The molecule has 0 aliphatic rings. The summed E-state index contributed by atoms with van der Waals surface area (Å²) in [6.07, 6.45) is 1.94. The molecule has 3 N–H and O–H groups in total. The fourth-order valence-electron chi connectivity index (χ4n) is 1.96. The van der Waals surface area contributed by atoms with Crippen molar-refractivity contribution in [3.8, 4) is 0 Å². The molecule has 2 aromatic rings. The maximum absolute atomic E-state index is 13.9. The molecule has 2 heterocycles. The van der Waals surface area contributed by atoms with Gasteiger partial charge in [-0.05, 0) is 32.0 Å². The Morgan fingerprint density at radius 1 is 1.58 bits per heavy atom. The number of rotatable bonds is 8. The van der Waals surface area contributed by atoms with Crippen LogP contribution in [0.15, 0.2) is 21.2 Å². The van der Waals surface area contributed by atoms with Crippen LogP contribution >= 0.6 is 0 Å². The number of tetrazole rings is 1. The van der Waals surface area contributed by atoms with Gasteiger partial charge in [-0.3, -0.25) is 19.2 Å². The van der Waals surface area contributed by atoms with Crippen molar-refractivity contribution in [1.29, 1.82) is 0 Å². The molecule has 134 valence electrons. The van der Waals surface area contributed by atoms with Crippen molar-refractivity contribution in [2.45, 2.75) is 32.4 Å². The van der Waals surface area contributed by atoms with Gasteiger partial charge < -0.3 is 5.32 Å². The summed E-state index contributed by atoms with van der Waals surface area (Å²) in [6.45, 7) is 1.28. The van der Waals surface area contributed by atoms with Gasteiger partial charge in [-0.15, -0.1) is 5.10 Å². The second kappa shape index (κ2) is 8.10. The van der Waals surface area contributed by atoms with Gasteiger partial charge in [0.15, 0.2) is 5.82 Å². The second-order valence-electron chi connectivity index (χ2n) is 4.88. The van der Waals surface area contributed by atoms with Gasteiger partial charge in [-0.25, -0.2) is 9.18 Å². The van der Waals surface area contributed by atoms with E-state index in [1.54, 1.807) is 7.05 Å². The van der Waals surface area contributed by atoms with E-state index in [-0.39, 0.29) is 33.5 Å². The molecule has 11 nitrogen and oxygen atoms in total. The average Bonchev–Trinajstić information content (AvgIpc) is 3.16. The Balaban J connectivity index is 0.00000312. The molecule has 2 rings (SSSR count). The lowest BCUT2D eigenvalue weighted by molar-refractivity contribution is -0.118. The van der Waals surface area contributed by atoms with Crippen LogP contribution in [0, 0.1) is 6.92 Å². The van der Waals surface area contributed by atoms with Gasteiger partial charge in [0.1, 0.15) is 5.83 Å². The van der Waals surface area contributed by atoms with Crippen LogP contribution in [0.3, 0.4) is 0 Å². The first kappa shape index (κ1) is 17.5. The minimum atomic E-state index is -0.719. The summed E-state index contributed by atoms with van der Waals surface area (Å²) in [5.74, 6) is -1.25. The fourth-order valence-corrected chi connectivity index (χ4v) is 1.96. The van der Waals surface area contributed by atoms with E-state index in [0.29, 0.717) is 6.42 Å². The third-order valence-corrected chi connectivity index (χ3v) is 3.24. The van der Waals surface area contributed by atoms with Crippen LogP contribution in [-0.2, 0) is 11.3 Å². The molecule has 0 aliphatic carbocycles. The number of amides is 1. The molecular weight excluding hydrogens is 323 g/mol. The monoisotopic (exact) mass is 344 g/mol. The third-order valence-electron chi connectivity index (χ3n) is 3.24. The Labute approximate surface area is 138 Å². The second-order valence-corrected chi connectivity index (χ2v) is 4.88. The lowest BCUT2D eigenvalue weighted by Crippen LogP contribution is -2.38. The minimum absolute atomic E-state index is 0. The van der Waals surface area contributed by atoms with Crippen molar-refractivity contribution in [3.05, 3.63) is 28.3 Å². The number of aromatic amines is 1. The van der Waals surface area contributed by atoms with Gasteiger partial charge in [0.2, 0.25) is 5.91 Å². The molecular formula is C12H21FN8O3. The predicted molar refractivity (Wildman–Crippen MR) is 83.8 cm³/mol. The summed E-state index contributed by atoms with van der Waals surface area (Å²) in [7, 11) is 1.61. The fraction of sp³-hybridized carbons (Fsp3) is 0.500. The standard InChI is InChI=1S/C12H17FN8O3.2H2/c1-7-18-24-12(23)21(7)6-8(13)4-3-5-9(14-2)10(22)15-11-16-19-20-17-11;;/h4,9,14H,3,5-6H2,1-2H3,(H2,15,16,17,19,20,22);2*1H/b8-4+;;/t9-;;/m0../s1. The zero-order valence-corrected chi connectivity index (χ0v) is 13.1. The van der Waals surface area contributed by atoms with E-state index in [0.717, 1.165) is 4.57 Å². The van der Waals surface area contributed by atoms with E-state index in [2.05, 4.69) is 40.9 Å². The number of likely N-dealkylation sites (N-methyl/N-ethyl adjacent to an activating group) is 1. The highest BCUT2D eigenvalue weighted by Crippen LogP contribution is 2.07. The topological polar surface area (TPSA) is 144 Å². The molecule has 24 heavy (non-hydrogen) atoms. The number of allylic oxidation sites excluding steroid dienone is 2. The zero-order valence-electron chi connectivity index (χ0n) is 13.1. The number of carbonyl (C=O) groups excluding carboxylic acids is 1. The molecule has 1 atom stereocenters. The number of nitrogens with one attached hydrogen (secondary N) is 3. The Morgan fingerprint density at radius 3 is 2.96 bits per heavy atom. The van der Waals surface area contributed by atoms with Crippen LogP contribution in [0.4, 0.5) is 10.3 Å². The van der Waals surface area contributed by atoms with E-state index >= 15 is 0 Å². The molecule has 2 aromatic heterocycles. The summed E-state index contributed by atoms with van der Waals surface area (Å²) in [5.41, 5.74) is 0. The van der Waals surface area contributed by atoms with E-state index in [1.807, 2.05) is 0 Å². The molecule has 1 amide bonds.